The minimum absolute atomic E-state index is 0.281. The average molecular weight is 232 g/mol. The molecule has 0 spiro atoms. The van der Waals surface area contributed by atoms with Crippen LogP contribution < -0.4 is 11.1 Å². The molecular formula is C12H16N4O. The van der Waals surface area contributed by atoms with Crippen LogP contribution in [0.15, 0.2) is 29.3 Å². The van der Waals surface area contributed by atoms with Crippen LogP contribution in [0.2, 0.25) is 0 Å². The van der Waals surface area contributed by atoms with Gasteiger partial charge in [0.05, 0.1) is 12.5 Å². The van der Waals surface area contributed by atoms with E-state index in [0.29, 0.717) is 12.4 Å². The molecule has 0 fully saturated rings. The highest BCUT2D eigenvalue weighted by atomic mass is 16.3. The van der Waals surface area contributed by atoms with Gasteiger partial charge in [0, 0.05) is 17.7 Å². The zero-order valence-electron chi connectivity index (χ0n) is 9.97. The lowest BCUT2D eigenvalue weighted by Gasteiger charge is -2.14. The first kappa shape index (κ1) is 11.4. The summed E-state index contributed by atoms with van der Waals surface area (Å²) in [5, 5.41) is 3.25. The van der Waals surface area contributed by atoms with E-state index < -0.39 is 0 Å². The Labute approximate surface area is 100 Å². The van der Waals surface area contributed by atoms with Crippen LogP contribution in [0.3, 0.4) is 0 Å². The smallest absolute Gasteiger partial charge is 0.135 e. The minimum atomic E-state index is 0.281. The van der Waals surface area contributed by atoms with E-state index in [2.05, 4.69) is 29.1 Å². The molecule has 3 N–H and O–H groups in total. The summed E-state index contributed by atoms with van der Waals surface area (Å²) in [7, 11) is 0. The summed E-state index contributed by atoms with van der Waals surface area (Å²) in [6.07, 6.45) is 4.82. The maximum Gasteiger partial charge on any atom is 0.135 e. The van der Waals surface area contributed by atoms with Crippen molar-refractivity contribution in [1.82, 2.24) is 9.97 Å². The molecule has 0 saturated carbocycles. The van der Waals surface area contributed by atoms with Crippen molar-refractivity contribution in [2.45, 2.75) is 26.3 Å². The van der Waals surface area contributed by atoms with Gasteiger partial charge in [0.25, 0.3) is 0 Å². The Bertz CT molecular complexity index is 479. The number of nitrogen functional groups attached to an aromatic ring is 1. The zero-order valence-corrected chi connectivity index (χ0v) is 9.97. The van der Waals surface area contributed by atoms with Crippen LogP contribution in [0.4, 0.5) is 11.6 Å². The highest BCUT2D eigenvalue weighted by Crippen LogP contribution is 2.26. The van der Waals surface area contributed by atoms with Gasteiger partial charge in [-0.3, -0.25) is 0 Å². The lowest BCUT2D eigenvalue weighted by Crippen LogP contribution is -2.09. The largest absolute Gasteiger partial charge is 0.472 e. The van der Waals surface area contributed by atoms with Gasteiger partial charge in [0.15, 0.2) is 0 Å². The average Bonchev–Trinajstić information content (AvgIpc) is 2.78. The Kier molecular flexibility index (Phi) is 3.27. The molecule has 0 aliphatic rings. The van der Waals surface area contributed by atoms with Crippen molar-refractivity contribution in [1.29, 1.82) is 0 Å². The van der Waals surface area contributed by atoms with E-state index in [-0.39, 0.29) is 5.92 Å². The molecule has 0 aliphatic heterocycles. The summed E-state index contributed by atoms with van der Waals surface area (Å²) in [5.74, 6) is 1.60. The number of anilines is 2. The van der Waals surface area contributed by atoms with Crippen molar-refractivity contribution >= 4 is 11.6 Å². The molecule has 0 radical (unpaired) electrons. The van der Waals surface area contributed by atoms with Crippen LogP contribution in [0.25, 0.3) is 0 Å². The van der Waals surface area contributed by atoms with Crippen LogP contribution in [0.1, 0.15) is 30.9 Å². The zero-order chi connectivity index (χ0) is 12.3. The molecule has 0 bridgehead atoms. The molecule has 0 unspecified atom stereocenters. The van der Waals surface area contributed by atoms with Crippen molar-refractivity contribution in [3.63, 3.8) is 0 Å². The molecule has 2 aromatic heterocycles. The third kappa shape index (κ3) is 2.55. The number of furan rings is 1. The van der Waals surface area contributed by atoms with E-state index in [4.69, 9.17) is 10.2 Å². The Morgan fingerprint density at radius 1 is 1.41 bits per heavy atom. The van der Waals surface area contributed by atoms with Gasteiger partial charge in [-0.05, 0) is 12.0 Å². The molecule has 2 heterocycles. The van der Waals surface area contributed by atoms with E-state index in [1.165, 1.54) is 6.33 Å². The molecule has 0 aromatic carbocycles. The van der Waals surface area contributed by atoms with Crippen molar-refractivity contribution in [3.05, 3.63) is 36.0 Å². The Morgan fingerprint density at radius 2 is 2.24 bits per heavy atom. The number of nitrogens with one attached hydrogen (secondary N) is 1. The van der Waals surface area contributed by atoms with E-state index in [1.54, 1.807) is 12.5 Å². The summed E-state index contributed by atoms with van der Waals surface area (Å²) < 4.78 is 5.01. The maximum absolute atomic E-state index is 5.86. The van der Waals surface area contributed by atoms with Gasteiger partial charge in [0.1, 0.15) is 18.0 Å². The van der Waals surface area contributed by atoms with Gasteiger partial charge in [0.2, 0.25) is 0 Å². The number of aromatic nitrogens is 2. The summed E-state index contributed by atoms with van der Waals surface area (Å²) in [6, 6.07) is 1.91. The molecule has 17 heavy (non-hydrogen) atoms. The summed E-state index contributed by atoms with van der Waals surface area (Å²) in [6.45, 7) is 4.79. The number of hydrogen-bond acceptors (Lipinski definition) is 5. The Morgan fingerprint density at radius 3 is 2.88 bits per heavy atom. The molecule has 5 heteroatoms. The summed E-state index contributed by atoms with van der Waals surface area (Å²) in [5.41, 5.74) is 7.88. The molecule has 0 atom stereocenters. The highest BCUT2D eigenvalue weighted by Gasteiger charge is 2.12. The number of nitrogens with zero attached hydrogens (tertiary/aromatic N) is 2. The van der Waals surface area contributed by atoms with Crippen molar-refractivity contribution in [2.24, 2.45) is 0 Å². The van der Waals surface area contributed by atoms with E-state index >= 15 is 0 Å². The third-order valence-electron chi connectivity index (χ3n) is 2.53. The quantitative estimate of drug-likeness (QED) is 0.846. The minimum Gasteiger partial charge on any atom is -0.472 e. The second-order valence-electron chi connectivity index (χ2n) is 4.16. The van der Waals surface area contributed by atoms with Crippen LogP contribution >= 0.6 is 0 Å². The first-order chi connectivity index (χ1) is 8.18. The molecule has 0 saturated heterocycles. The van der Waals surface area contributed by atoms with Crippen molar-refractivity contribution in [3.8, 4) is 0 Å². The van der Waals surface area contributed by atoms with Gasteiger partial charge in [-0.1, -0.05) is 13.8 Å². The van der Waals surface area contributed by atoms with E-state index in [0.717, 1.165) is 16.9 Å². The monoisotopic (exact) mass is 232 g/mol. The summed E-state index contributed by atoms with van der Waals surface area (Å²) in [4.78, 5) is 8.24. The number of nitrogens with two attached hydrogens (primary N) is 1. The van der Waals surface area contributed by atoms with Gasteiger partial charge in [-0.15, -0.1) is 0 Å². The predicted molar refractivity (Wildman–Crippen MR) is 66.6 cm³/mol. The van der Waals surface area contributed by atoms with E-state index in [1.807, 2.05) is 6.07 Å². The highest BCUT2D eigenvalue weighted by molar-refractivity contribution is 5.56. The fourth-order valence-electron chi connectivity index (χ4n) is 1.70. The summed E-state index contributed by atoms with van der Waals surface area (Å²) >= 11 is 0. The SMILES string of the molecule is CC(C)c1c(N)ncnc1NCc1ccoc1. The Balaban J connectivity index is 2.18. The maximum atomic E-state index is 5.86. The number of hydrogen-bond donors (Lipinski definition) is 2. The second kappa shape index (κ2) is 4.86. The lowest BCUT2D eigenvalue weighted by molar-refractivity contribution is 0.564. The fourth-order valence-corrected chi connectivity index (χ4v) is 1.70. The molecule has 2 rings (SSSR count). The standard InChI is InChI=1S/C12H16N4O/c1-8(2)10-11(13)15-7-16-12(10)14-5-9-3-4-17-6-9/h3-4,6-8H,5H2,1-2H3,(H3,13,14,15,16). The molecule has 5 nitrogen and oxygen atoms in total. The predicted octanol–water partition coefficient (Wildman–Crippen LogP) is 2.39. The third-order valence-corrected chi connectivity index (χ3v) is 2.53. The van der Waals surface area contributed by atoms with Gasteiger partial charge in [-0.2, -0.15) is 0 Å². The van der Waals surface area contributed by atoms with Crippen molar-refractivity contribution < 1.29 is 4.42 Å². The molecule has 0 aliphatic carbocycles. The van der Waals surface area contributed by atoms with Crippen LogP contribution in [0.5, 0.6) is 0 Å². The lowest BCUT2D eigenvalue weighted by atomic mass is 10.0. The first-order valence-electron chi connectivity index (χ1n) is 5.53. The molecule has 2 aromatic rings. The Hall–Kier alpha value is -2.04. The van der Waals surface area contributed by atoms with E-state index in [9.17, 15) is 0 Å². The molecule has 0 amide bonds. The first-order valence-corrected chi connectivity index (χ1v) is 5.53. The van der Waals surface area contributed by atoms with Gasteiger partial charge >= 0.3 is 0 Å². The van der Waals surface area contributed by atoms with Crippen LogP contribution in [0, 0.1) is 0 Å². The number of rotatable bonds is 4. The molecular weight excluding hydrogens is 216 g/mol. The van der Waals surface area contributed by atoms with Crippen LogP contribution in [-0.4, -0.2) is 9.97 Å². The van der Waals surface area contributed by atoms with Crippen molar-refractivity contribution in [2.75, 3.05) is 11.1 Å². The van der Waals surface area contributed by atoms with Gasteiger partial charge < -0.3 is 15.5 Å². The second-order valence-corrected chi connectivity index (χ2v) is 4.16. The topological polar surface area (TPSA) is 77.0 Å². The van der Waals surface area contributed by atoms with Crippen LogP contribution in [-0.2, 0) is 6.54 Å². The van der Waals surface area contributed by atoms with Gasteiger partial charge in [-0.25, -0.2) is 9.97 Å². The fraction of sp³-hybridized carbons (Fsp3) is 0.333. The molecule has 90 valence electrons. The normalized spacial score (nSPS) is 10.8.